The summed E-state index contributed by atoms with van der Waals surface area (Å²) in [5.74, 6) is 4.12. The predicted molar refractivity (Wildman–Crippen MR) is 52.8 cm³/mol. The molecule has 0 fully saturated rings. The Kier molecular flexibility index (Phi) is 6.42. The number of nitrogens with two attached hydrogens (primary N) is 4. The second-order valence-electron chi connectivity index (χ2n) is 2.85. The highest BCUT2D eigenvalue weighted by Crippen LogP contribution is 2.00. The van der Waals surface area contributed by atoms with E-state index in [1.165, 1.54) is 0 Å². The van der Waals surface area contributed by atoms with Crippen molar-refractivity contribution in [2.24, 2.45) is 28.1 Å². The number of guanidine groups is 1. The van der Waals surface area contributed by atoms with Gasteiger partial charge >= 0.3 is 5.97 Å². The largest absolute Gasteiger partial charge is 0.372 e. The molecule has 7 nitrogen and oxygen atoms in total. The average molecular weight is 203 g/mol. The Bertz CT molecular complexity index is 202. The van der Waals surface area contributed by atoms with Crippen LogP contribution < -0.4 is 23.1 Å². The molecule has 0 heterocycles. The third-order valence-electron chi connectivity index (χ3n) is 1.64. The minimum atomic E-state index is -0.667. The Morgan fingerprint density at radius 2 is 2.00 bits per heavy atom. The zero-order valence-corrected chi connectivity index (χ0v) is 7.98. The van der Waals surface area contributed by atoms with E-state index in [4.69, 9.17) is 17.2 Å². The SMILES string of the molecule is NOC(=O)C(N)CCCCN=C(N)N. The molecule has 0 rings (SSSR count). The number of unbranched alkanes of at least 4 members (excludes halogenated alkanes) is 1. The lowest BCUT2D eigenvalue weighted by molar-refractivity contribution is -0.145. The molecule has 0 aliphatic heterocycles. The van der Waals surface area contributed by atoms with Crippen LogP contribution in [0, 0.1) is 0 Å². The number of hydrogen-bond acceptors (Lipinski definition) is 5. The molecule has 0 aromatic rings. The van der Waals surface area contributed by atoms with Gasteiger partial charge in [0, 0.05) is 6.54 Å². The van der Waals surface area contributed by atoms with Gasteiger partial charge in [0.2, 0.25) is 0 Å². The van der Waals surface area contributed by atoms with Gasteiger partial charge in [-0.15, -0.1) is 0 Å². The molecule has 0 aliphatic rings. The average Bonchev–Trinajstić information content (AvgIpc) is 2.15. The number of hydrogen-bond donors (Lipinski definition) is 4. The summed E-state index contributed by atoms with van der Waals surface area (Å²) in [5.41, 5.74) is 15.7. The molecule has 8 N–H and O–H groups in total. The Morgan fingerprint density at radius 3 is 2.50 bits per heavy atom. The lowest BCUT2D eigenvalue weighted by Crippen LogP contribution is -2.33. The molecule has 7 heteroatoms. The lowest BCUT2D eigenvalue weighted by atomic mass is 10.1. The number of nitrogens with zero attached hydrogens (tertiary/aromatic N) is 1. The minimum absolute atomic E-state index is 0.0654. The fourth-order valence-electron chi connectivity index (χ4n) is 0.889. The first-order chi connectivity index (χ1) is 6.57. The van der Waals surface area contributed by atoms with Crippen molar-refractivity contribution in [3.63, 3.8) is 0 Å². The highest BCUT2D eigenvalue weighted by atomic mass is 16.7. The summed E-state index contributed by atoms with van der Waals surface area (Å²) in [6, 6.07) is -0.667. The van der Waals surface area contributed by atoms with Crippen LogP contribution in [0.1, 0.15) is 19.3 Å². The first-order valence-corrected chi connectivity index (χ1v) is 4.29. The highest BCUT2D eigenvalue weighted by molar-refractivity contribution is 5.75. The first kappa shape index (κ1) is 12.7. The number of carbonyl (C=O) groups excluding carboxylic acids is 1. The standard InChI is InChI=1S/C7H17N5O2/c8-5(6(13)14-11)3-1-2-4-12-7(9)10/h5H,1-4,8,11H2,(H4,9,10,12). The van der Waals surface area contributed by atoms with E-state index in [0.29, 0.717) is 13.0 Å². The van der Waals surface area contributed by atoms with Crippen LogP contribution in [0.2, 0.25) is 0 Å². The molecule has 0 radical (unpaired) electrons. The Hall–Kier alpha value is -1.34. The van der Waals surface area contributed by atoms with Crippen molar-refractivity contribution in [1.82, 2.24) is 0 Å². The van der Waals surface area contributed by atoms with Gasteiger partial charge in [-0.25, -0.2) is 4.79 Å². The van der Waals surface area contributed by atoms with Crippen LogP contribution in [-0.2, 0) is 9.63 Å². The normalized spacial score (nSPS) is 11.9. The van der Waals surface area contributed by atoms with E-state index in [2.05, 4.69) is 15.7 Å². The molecule has 0 bridgehead atoms. The maximum absolute atomic E-state index is 10.7. The molecule has 0 aromatic heterocycles. The van der Waals surface area contributed by atoms with Gasteiger partial charge in [-0.05, 0) is 19.3 Å². The van der Waals surface area contributed by atoms with Gasteiger partial charge in [0.25, 0.3) is 0 Å². The third-order valence-corrected chi connectivity index (χ3v) is 1.64. The number of rotatable bonds is 6. The summed E-state index contributed by atoms with van der Waals surface area (Å²) in [7, 11) is 0. The van der Waals surface area contributed by atoms with Crippen molar-refractivity contribution in [1.29, 1.82) is 0 Å². The first-order valence-electron chi connectivity index (χ1n) is 4.29. The van der Waals surface area contributed by atoms with Crippen molar-refractivity contribution in [3.05, 3.63) is 0 Å². The van der Waals surface area contributed by atoms with Crippen LogP contribution in [0.25, 0.3) is 0 Å². The van der Waals surface area contributed by atoms with Gasteiger partial charge in [-0.1, -0.05) is 0 Å². The van der Waals surface area contributed by atoms with Crippen LogP contribution >= 0.6 is 0 Å². The van der Waals surface area contributed by atoms with Gasteiger partial charge in [0.15, 0.2) is 5.96 Å². The Balaban J connectivity index is 3.45. The second kappa shape index (κ2) is 7.10. The maximum Gasteiger partial charge on any atom is 0.341 e. The summed E-state index contributed by atoms with van der Waals surface area (Å²) in [5, 5.41) is 0. The van der Waals surface area contributed by atoms with Crippen LogP contribution in [0.3, 0.4) is 0 Å². The van der Waals surface area contributed by atoms with E-state index in [1.807, 2.05) is 0 Å². The summed E-state index contributed by atoms with van der Waals surface area (Å²) < 4.78 is 0. The summed E-state index contributed by atoms with van der Waals surface area (Å²) in [6.45, 7) is 0.534. The zero-order chi connectivity index (χ0) is 11.0. The summed E-state index contributed by atoms with van der Waals surface area (Å²) in [4.78, 5) is 18.5. The van der Waals surface area contributed by atoms with E-state index >= 15 is 0 Å². The molecule has 0 aliphatic carbocycles. The Morgan fingerprint density at radius 1 is 1.36 bits per heavy atom. The molecule has 1 atom stereocenters. The molecular weight excluding hydrogens is 186 g/mol. The van der Waals surface area contributed by atoms with Crippen molar-refractivity contribution < 1.29 is 9.63 Å². The summed E-state index contributed by atoms with van der Waals surface area (Å²) >= 11 is 0. The van der Waals surface area contributed by atoms with Gasteiger partial charge in [0.1, 0.15) is 6.04 Å². The monoisotopic (exact) mass is 203 g/mol. The van der Waals surface area contributed by atoms with Crippen molar-refractivity contribution in [3.8, 4) is 0 Å². The molecule has 0 saturated carbocycles. The summed E-state index contributed by atoms with van der Waals surface area (Å²) in [6.07, 6.45) is 2.02. The van der Waals surface area contributed by atoms with Gasteiger partial charge < -0.3 is 22.0 Å². The number of carbonyl (C=O) groups is 1. The van der Waals surface area contributed by atoms with Crippen molar-refractivity contribution >= 4 is 11.9 Å². The van der Waals surface area contributed by atoms with Crippen molar-refractivity contribution in [2.75, 3.05) is 6.54 Å². The van der Waals surface area contributed by atoms with E-state index < -0.39 is 12.0 Å². The molecule has 14 heavy (non-hydrogen) atoms. The fraction of sp³-hybridized carbons (Fsp3) is 0.714. The quantitative estimate of drug-likeness (QED) is 0.173. The predicted octanol–water partition coefficient (Wildman–Crippen LogP) is -1.83. The minimum Gasteiger partial charge on any atom is -0.372 e. The fourth-order valence-corrected chi connectivity index (χ4v) is 0.889. The van der Waals surface area contributed by atoms with E-state index in [1.54, 1.807) is 0 Å². The lowest BCUT2D eigenvalue weighted by Gasteiger charge is -2.06. The number of aliphatic imine (C=N–C) groups is 1. The molecule has 82 valence electrons. The smallest absolute Gasteiger partial charge is 0.341 e. The zero-order valence-electron chi connectivity index (χ0n) is 7.98. The third kappa shape index (κ3) is 6.21. The molecule has 0 saturated heterocycles. The maximum atomic E-state index is 10.7. The van der Waals surface area contributed by atoms with Crippen LogP contribution in [0.15, 0.2) is 4.99 Å². The molecule has 0 aromatic carbocycles. The molecular formula is C7H17N5O2. The molecule has 1 unspecified atom stereocenters. The van der Waals surface area contributed by atoms with Crippen LogP contribution in [-0.4, -0.2) is 24.5 Å². The van der Waals surface area contributed by atoms with Crippen molar-refractivity contribution in [2.45, 2.75) is 25.3 Å². The second-order valence-corrected chi connectivity index (χ2v) is 2.85. The van der Waals surface area contributed by atoms with E-state index in [0.717, 1.165) is 12.8 Å². The van der Waals surface area contributed by atoms with Crippen LogP contribution in [0.4, 0.5) is 0 Å². The topological polar surface area (TPSA) is 143 Å². The van der Waals surface area contributed by atoms with Gasteiger partial charge in [0.05, 0.1) is 0 Å². The molecule has 0 amide bonds. The van der Waals surface area contributed by atoms with E-state index in [9.17, 15) is 4.79 Å². The Labute approximate surface area is 82.4 Å². The van der Waals surface area contributed by atoms with E-state index in [-0.39, 0.29) is 5.96 Å². The van der Waals surface area contributed by atoms with Gasteiger partial charge in [-0.3, -0.25) is 4.99 Å². The molecule has 0 spiro atoms. The van der Waals surface area contributed by atoms with Crippen LogP contribution in [0.5, 0.6) is 0 Å². The van der Waals surface area contributed by atoms with Gasteiger partial charge in [-0.2, -0.15) is 5.90 Å². The highest BCUT2D eigenvalue weighted by Gasteiger charge is 2.12.